The highest BCUT2D eigenvalue weighted by molar-refractivity contribution is 7.99. The van der Waals surface area contributed by atoms with Crippen molar-refractivity contribution in [2.45, 2.75) is 4.90 Å². The van der Waals surface area contributed by atoms with Gasteiger partial charge in [0.2, 0.25) is 10.0 Å². The number of rotatable bonds is 5. The van der Waals surface area contributed by atoms with Crippen LogP contribution in [0.3, 0.4) is 0 Å². The van der Waals surface area contributed by atoms with Crippen LogP contribution < -0.4 is 10.5 Å². The average Bonchev–Trinajstić information content (AvgIpc) is 2.38. The van der Waals surface area contributed by atoms with Crippen LogP contribution in [0.1, 0.15) is 0 Å². The van der Waals surface area contributed by atoms with Crippen molar-refractivity contribution in [1.29, 1.82) is 0 Å². The minimum absolute atomic E-state index is 0.0295. The van der Waals surface area contributed by atoms with Crippen LogP contribution in [-0.4, -0.2) is 51.0 Å². The molecule has 0 aromatic heterocycles. The minimum Gasteiger partial charge on any atom is -0.398 e. The van der Waals surface area contributed by atoms with Crippen molar-refractivity contribution in [3.8, 4) is 0 Å². The molecule has 0 atom stereocenters. The predicted octanol–water partition coefficient (Wildman–Crippen LogP) is 1.90. The standard InChI is InChI=1S/C12H17Cl2N3O2S2/c13-9-7-10(14)12(11(15)8-9)21(18,19)16-1-2-17-3-5-20-6-4-17/h7-8,16H,1-6,15H2. The molecule has 0 radical (unpaired) electrons. The molecule has 1 aromatic carbocycles. The summed E-state index contributed by atoms with van der Waals surface area (Å²) in [5.41, 5.74) is 5.77. The number of anilines is 1. The maximum Gasteiger partial charge on any atom is 0.244 e. The second-order valence-corrected chi connectivity index (χ2v) is 8.43. The van der Waals surface area contributed by atoms with E-state index in [2.05, 4.69) is 9.62 Å². The zero-order chi connectivity index (χ0) is 15.5. The Balaban J connectivity index is 2.01. The van der Waals surface area contributed by atoms with Gasteiger partial charge in [-0.15, -0.1) is 0 Å². The van der Waals surface area contributed by atoms with Gasteiger partial charge in [0, 0.05) is 42.7 Å². The normalized spacial score (nSPS) is 17.0. The topological polar surface area (TPSA) is 75.4 Å². The van der Waals surface area contributed by atoms with Crippen molar-refractivity contribution < 1.29 is 8.42 Å². The van der Waals surface area contributed by atoms with Crippen LogP contribution in [-0.2, 0) is 10.0 Å². The molecule has 21 heavy (non-hydrogen) atoms. The lowest BCUT2D eigenvalue weighted by molar-refractivity contribution is 0.307. The third-order valence-electron chi connectivity index (χ3n) is 3.13. The van der Waals surface area contributed by atoms with E-state index in [0.29, 0.717) is 18.1 Å². The number of nitrogens with one attached hydrogen (secondary N) is 1. The van der Waals surface area contributed by atoms with E-state index in [9.17, 15) is 8.42 Å². The van der Waals surface area contributed by atoms with Crippen molar-refractivity contribution in [3.63, 3.8) is 0 Å². The van der Waals surface area contributed by atoms with Gasteiger partial charge < -0.3 is 10.6 Å². The smallest absolute Gasteiger partial charge is 0.244 e. The Kier molecular flexibility index (Phi) is 6.05. The van der Waals surface area contributed by atoms with E-state index < -0.39 is 10.0 Å². The van der Waals surface area contributed by atoms with Gasteiger partial charge in [-0.05, 0) is 12.1 Å². The zero-order valence-corrected chi connectivity index (χ0v) is 14.5. The summed E-state index contributed by atoms with van der Waals surface area (Å²) in [6, 6.07) is 2.75. The molecular weight excluding hydrogens is 353 g/mol. The van der Waals surface area contributed by atoms with E-state index in [1.54, 1.807) is 0 Å². The van der Waals surface area contributed by atoms with Crippen molar-refractivity contribution >= 4 is 50.7 Å². The van der Waals surface area contributed by atoms with Gasteiger partial charge in [0.25, 0.3) is 0 Å². The monoisotopic (exact) mass is 369 g/mol. The van der Waals surface area contributed by atoms with Crippen LogP contribution in [0, 0.1) is 0 Å². The lowest BCUT2D eigenvalue weighted by Crippen LogP contribution is -2.39. The first-order chi connectivity index (χ1) is 9.90. The van der Waals surface area contributed by atoms with Gasteiger partial charge in [0.15, 0.2) is 0 Å². The lowest BCUT2D eigenvalue weighted by atomic mass is 10.3. The quantitative estimate of drug-likeness (QED) is 0.775. The predicted molar refractivity (Wildman–Crippen MR) is 89.8 cm³/mol. The molecule has 1 fully saturated rings. The fourth-order valence-corrected chi connectivity index (χ4v) is 5.08. The molecule has 0 spiro atoms. The molecule has 1 aromatic rings. The van der Waals surface area contributed by atoms with Gasteiger partial charge in [0.1, 0.15) is 4.90 Å². The molecule has 5 nitrogen and oxygen atoms in total. The highest BCUT2D eigenvalue weighted by atomic mass is 35.5. The van der Waals surface area contributed by atoms with Crippen LogP contribution in [0.25, 0.3) is 0 Å². The second kappa shape index (κ2) is 7.39. The first-order valence-corrected chi connectivity index (χ1v) is 9.84. The SMILES string of the molecule is Nc1cc(Cl)cc(Cl)c1S(=O)(=O)NCCN1CCSCC1. The molecule has 2 rings (SSSR count). The van der Waals surface area contributed by atoms with Crippen LogP contribution in [0.2, 0.25) is 10.0 Å². The number of nitrogen functional groups attached to an aromatic ring is 1. The number of nitrogens with zero attached hydrogens (tertiary/aromatic N) is 1. The lowest BCUT2D eigenvalue weighted by Gasteiger charge is -2.26. The molecule has 0 unspecified atom stereocenters. The van der Waals surface area contributed by atoms with E-state index in [1.807, 2.05) is 11.8 Å². The maximum atomic E-state index is 12.3. The van der Waals surface area contributed by atoms with E-state index >= 15 is 0 Å². The Bertz CT molecular complexity index is 582. The molecule has 1 saturated heterocycles. The van der Waals surface area contributed by atoms with E-state index in [-0.39, 0.29) is 15.6 Å². The van der Waals surface area contributed by atoms with Gasteiger partial charge in [-0.1, -0.05) is 23.2 Å². The molecule has 118 valence electrons. The number of halogens is 2. The highest BCUT2D eigenvalue weighted by Crippen LogP contribution is 2.30. The van der Waals surface area contributed by atoms with Crippen LogP contribution in [0.4, 0.5) is 5.69 Å². The van der Waals surface area contributed by atoms with E-state index in [1.165, 1.54) is 12.1 Å². The van der Waals surface area contributed by atoms with E-state index in [0.717, 1.165) is 24.6 Å². The Morgan fingerprint density at radius 3 is 2.57 bits per heavy atom. The van der Waals surface area contributed by atoms with Crippen molar-refractivity contribution in [2.24, 2.45) is 0 Å². The maximum absolute atomic E-state index is 12.3. The summed E-state index contributed by atoms with van der Waals surface area (Å²) < 4.78 is 27.1. The summed E-state index contributed by atoms with van der Waals surface area (Å²) in [6.07, 6.45) is 0. The highest BCUT2D eigenvalue weighted by Gasteiger charge is 2.22. The molecule has 1 aliphatic heterocycles. The summed E-state index contributed by atoms with van der Waals surface area (Å²) in [7, 11) is -3.74. The molecule has 9 heteroatoms. The van der Waals surface area contributed by atoms with Gasteiger partial charge in [-0.25, -0.2) is 13.1 Å². The van der Waals surface area contributed by atoms with Gasteiger partial charge >= 0.3 is 0 Å². The fraction of sp³-hybridized carbons (Fsp3) is 0.500. The van der Waals surface area contributed by atoms with Crippen LogP contribution in [0.5, 0.6) is 0 Å². The third kappa shape index (κ3) is 4.64. The summed E-state index contributed by atoms with van der Waals surface area (Å²) in [6.45, 7) is 2.96. The summed E-state index contributed by atoms with van der Waals surface area (Å²) in [5, 5.41) is 0.337. The van der Waals surface area contributed by atoms with Crippen LogP contribution in [0.15, 0.2) is 17.0 Å². The number of nitrogens with two attached hydrogens (primary N) is 1. The van der Waals surface area contributed by atoms with Gasteiger partial charge in [0.05, 0.1) is 10.7 Å². The third-order valence-corrected chi connectivity index (χ3v) is 6.28. The first kappa shape index (κ1) is 17.2. The second-order valence-electron chi connectivity index (χ2n) is 4.66. The molecule has 1 aliphatic rings. The molecule has 0 saturated carbocycles. The molecule has 0 bridgehead atoms. The molecule has 0 aliphatic carbocycles. The summed E-state index contributed by atoms with van der Waals surface area (Å²) >= 11 is 13.7. The molecule has 1 heterocycles. The fourth-order valence-electron chi connectivity index (χ4n) is 2.10. The number of hydrogen-bond donors (Lipinski definition) is 2. The zero-order valence-electron chi connectivity index (χ0n) is 11.3. The largest absolute Gasteiger partial charge is 0.398 e. The van der Waals surface area contributed by atoms with E-state index in [4.69, 9.17) is 28.9 Å². The molecule has 3 N–H and O–H groups in total. The first-order valence-electron chi connectivity index (χ1n) is 6.44. The minimum atomic E-state index is -3.74. The summed E-state index contributed by atoms with van der Waals surface area (Å²) in [5.74, 6) is 2.17. The average molecular weight is 370 g/mol. The Morgan fingerprint density at radius 1 is 1.29 bits per heavy atom. The molecular formula is C12H17Cl2N3O2S2. The van der Waals surface area contributed by atoms with Gasteiger partial charge in [-0.2, -0.15) is 11.8 Å². The van der Waals surface area contributed by atoms with Crippen LogP contribution >= 0.6 is 35.0 Å². The summed E-state index contributed by atoms with van der Waals surface area (Å²) in [4.78, 5) is 2.12. The number of benzene rings is 1. The van der Waals surface area contributed by atoms with Crippen molar-refractivity contribution in [3.05, 3.63) is 22.2 Å². The number of hydrogen-bond acceptors (Lipinski definition) is 5. The molecule has 0 amide bonds. The Hall–Kier alpha value is -0.180. The Morgan fingerprint density at radius 2 is 1.95 bits per heavy atom. The van der Waals surface area contributed by atoms with Gasteiger partial charge in [-0.3, -0.25) is 0 Å². The van der Waals surface area contributed by atoms with Crippen molar-refractivity contribution in [1.82, 2.24) is 9.62 Å². The Labute approximate surface area is 139 Å². The number of sulfonamides is 1. The van der Waals surface area contributed by atoms with Crippen molar-refractivity contribution in [2.75, 3.05) is 43.4 Å². The number of thioether (sulfide) groups is 1.